The predicted molar refractivity (Wildman–Crippen MR) is 106 cm³/mol. The first kappa shape index (κ1) is 18.9. The van der Waals surface area contributed by atoms with Crippen LogP contribution in [0, 0.1) is 0 Å². The number of benzene rings is 2. The first-order valence-corrected chi connectivity index (χ1v) is 8.36. The zero-order valence-electron chi connectivity index (χ0n) is 14.3. The fraction of sp³-hybridized carbons (Fsp3) is 0.250. The summed E-state index contributed by atoms with van der Waals surface area (Å²) in [5.74, 6) is 0.0360. The van der Waals surface area contributed by atoms with Crippen LogP contribution in [0.4, 0.5) is 5.69 Å². The van der Waals surface area contributed by atoms with Crippen molar-refractivity contribution in [1.82, 2.24) is 10.3 Å². The molecule has 4 nitrogen and oxygen atoms in total. The molecule has 0 unspecified atom stereocenters. The van der Waals surface area contributed by atoms with Gasteiger partial charge in [-0.2, -0.15) is 0 Å². The molecule has 4 N–H and O–H groups in total. The van der Waals surface area contributed by atoms with Crippen molar-refractivity contribution in [3.05, 3.63) is 65.4 Å². The second kappa shape index (κ2) is 8.58. The van der Waals surface area contributed by atoms with E-state index in [0.29, 0.717) is 18.7 Å². The molecular formula is C20H24ClN3O. The molecule has 1 aromatic heterocycles. The average Bonchev–Trinajstić information content (AvgIpc) is 3.00. The molecule has 0 aliphatic rings. The fourth-order valence-electron chi connectivity index (χ4n) is 3.00. The average molecular weight is 358 g/mol. The molecule has 3 rings (SSSR count). The highest BCUT2D eigenvalue weighted by molar-refractivity contribution is 5.86. The van der Waals surface area contributed by atoms with Gasteiger partial charge in [0.2, 0.25) is 5.91 Å². The SMILES string of the molecule is CCc1cccc2c(CCNC(=O)Cc3ccc(N)cc3)c[nH]c12.Cl. The van der Waals surface area contributed by atoms with Gasteiger partial charge in [-0.05, 0) is 41.7 Å². The van der Waals surface area contributed by atoms with Crippen LogP contribution in [0.2, 0.25) is 0 Å². The van der Waals surface area contributed by atoms with Gasteiger partial charge in [-0.25, -0.2) is 0 Å². The summed E-state index contributed by atoms with van der Waals surface area (Å²) in [6, 6.07) is 13.8. The monoisotopic (exact) mass is 357 g/mol. The number of aromatic nitrogens is 1. The van der Waals surface area contributed by atoms with Gasteiger partial charge in [-0.1, -0.05) is 37.3 Å². The third-order valence-electron chi connectivity index (χ3n) is 4.33. The number of hydrogen-bond acceptors (Lipinski definition) is 2. The minimum absolute atomic E-state index is 0. The van der Waals surface area contributed by atoms with E-state index in [9.17, 15) is 4.79 Å². The minimum atomic E-state index is 0. The van der Waals surface area contributed by atoms with E-state index in [0.717, 1.165) is 18.4 Å². The highest BCUT2D eigenvalue weighted by Gasteiger charge is 2.07. The lowest BCUT2D eigenvalue weighted by Gasteiger charge is -2.06. The zero-order chi connectivity index (χ0) is 16.9. The van der Waals surface area contributed by atoms with Gasteiger partial charge in [-0.15, -0.1) is 12.4 Å². The molecule has 0 atom stereocenters. The van der Waals surface area contributed by atoms with Crippen LogP contribution in [0.25, 0.3) is 10.9 Å². The van der Waals surface area contributed by atoms with E-state index in [1.54, 1.807) is 0 Å². The maximum absolute atomic E-state index is 12.0. The maximum Gasteiger partial charge on any atom is 0.224 e. The first-order chi connectivity index (χ1) is 11.7. The number of hydrogen-bond donors (Lipinski definition) is 3. The van der Waals surface area contributed by atoms with E-state index in [1.165, 1.54) is 22.0 Å². The van der Waals surface area contributed by atoms with Crippen LogP contribution in [-0.4, -0.2) is 17.4 Å². The third-order valence-corrected chi connectivity index (χ3v) is 4.33. The molecule has 0 saturated heterocycles. The number of carbonyl (C=O) groups is 1. The van der Waals surface area contributed by atoms with Gasteiger partial charge < -0.3 is 16.0 Å². The molecular weight excluding hydrogens is 334 g/mol. The lowest BCUT2D eigenvalue weighted by molar-refractivity contribution is -0.120. The Morgan fingerprint density at radius 1 is 1.12 bits per heavy atom. The third kappa shape index (κ3) is 4.54. The number of anilines is 1. The van der Waals surface area contributed by atoms with Gasteiger partial charge in [0.1, 0.15) is 0 Å². The van der Waals surface area contributed by atoms with Gasteiger partial charge in [-0.3, -0.25) is 4.79 Å². The van der Waals surface area contributed by atoms with E-state index >= 15 is 0 Å². The molecule has 132 valence electrons. The van der Waals surface area contributed by atoms with Crippen LogP contribution in [0.5, 0.6) is 0 Å². The summed E-state index contributed by atoms with van der Waals surface area (Å²) in [6.07, 6.45) is 4.26. The molecule has 0 aliphatic carbocycles. The van der Waals surface area contributed by atoms with Crippen molar-refractivity contribution in [3.8, 4) is 0 Å². The van der Waals surface area contributed by atoms with Gasteiger partial charge in [0.15, 0.2) is 0 Å². The Kier molecular flexibility index (Phi) is 6.48. The molecule has 0 aliphatic heterocycles. The van der Waals surface area contributed by atoms with Crippen molar-refractivity contribution in [2.24, 2.45) is 0 Å². The van der Waals surface area contributed by atoms with Crippen molar-refractivity contribution in [3.63, 3.8) is 0 Å². The number of rotatable bonds is 6. The van der Waals surface area contributed by atoms with E-state index < -0.39 is 0 Å². The number of halogens is 1. The predicted octanol–water partition coefficient (Wildman–Crippen LogP) is 3.64. The fourth-order valence-corrected chi connectivity index (χ4v) is 3.00. The molecule has 0 radical (unpaired) electrons. The van der Waals surface area contributed by atoms with E-state index in [-0.39, 0.29) is 18.3 Å². The number of nitrogens with one attached hydrogen (secondary N) is 2. The Hall–Kier alpha value is -2.46. The lowest BCUT2D eigenvalue weighted by atomic mass is 10.1. The Bertz CT molecular complexity index is 840. The summed E-state index contributed by atoms with van der Waals surface area (Å²) in [6.45, 7) is 2.80. The second-order valence-corrected chi connectivity index (χ2v) is 6.03. The molecule has 0 fully saturated rings. The highest BCUT2D eigenvalue weighted by Crippen LogP contribution is 2.22. The quantitative estimate of drug-likeness (QED) is 0.589. The molecule has 25 heavy (non-hydrogen) atoms. The van der Waals surface area contributed by atoms with Gasteiger partial charge in [0.05, 0.1) is 6.42 Å². The highest BCUT2D eigenvalue weighted by atomic mass is 35.5. The van der Waals surface area contributed by atoms with Crippen LogP contribution in [0.15, 0.2) is 48.7 Å². The van der Waals surface area contributed by atoms with Crippen molar-refractivity contribution >= 4 is 34.9 Å². The first-order valence-electron chi connectivity index (χ1n) is 8.36. The van der Waals surface area contributed by atoms with Gasteiger partial charge in [0.25, 0.3) is 0 Å². The number of fused-ring (bicyclic) bond motifs is 1. The summed E-state index contributed by atoms with van der Waals surface area (Å²) in [7, 11) is 0. The van der Waals surface area contributed by atoms with E-state index in [2.05, 4.69) is 41.6 Å². The number of nitrogens with two attached hydrogens (primary N) is 1. The van der Waals surface area contributed by atoms with E-state index in [4.69, 9.17) is 5.73 Å². The smallest absolute Gasteiger partial charge is 0.224 e. The van der Waals surface area contributed by atoms with Crippen LogP contribution in [0.1, 0.15) is 23.6 Å². The Labute approximate surface area is 154 Å². The Morgan fingerprint density at radius 2 is 1.88 bits per heavy atom. The van der Waals surface area contributed by atoms with Crippen LogP contribution < -0.4 is 11.1 Å². The van der Waals surface area contributed by atoms with Crippen molar-refractivity contribution in [1.29, 1.82) is 0 Å². The Balaban J connectivity index is 0.00000225. The lowest BCUT2D eigenvalue weighted by Crippen LogP contribution is -2.27. The second-order valence-electron chi connectivity index (χ2n) is 6.03. The number of aryl methyl sites for hydroxylation is 1. The van der Waals surface area contributed by atoms with Crippen LogP contribution >= 0.6 is 12.4 Å². The number of amides is 1. The van der Waals surface area contributed by atoms with Crippen LogP contribution in [0.3, 0.4) is 0 Å². The van der Waals surface area contributed by atoms with Gasteiger partial charge in [0, 0.05) is 29.3 Å². The normalized spacial score (nSPS) is 10.4. The molecule has 0 bridgehead atoms. The van der Waals surface area contributed by atoms with E-state index in [1.807, 2.05) is 24.3 Å². The molecule has 0 saturated carbocycles. The topological polar surface area (TPSA) is 70.9 Å². The minimum Gasteiger partial charge on any atom is -0.399 e. The van der Waals surface area contributed by atoms with Gasteiger partial charge >= 0.3 is 0 Å². The standard InChI is InChI=1S/C20H23N3O.ClH/c1-2-15-4-3-5-18-16(13-23-20(15)18)10-11-22-19(24)12-14-6-8-17(21)9-7-14;/h3-9,13,23H,2,10-12,21H2,1H3,(H,22,24);1H. The molecule has 1 heterocycles. The number of H-pyrrole nitrogens is 1. The Morgan fingerprint density at radius 3 is 2.60 bits per heavy atom. The largest absolute Gasteiger partial charge is 0.399 e. The molecule has 3 aromatic rings. The van der Waals surface area contributed by atoms with Crippen molar-refractivity contribution in [2.75, 3.05) is 12.3 Å². The summed E-state index contributed by atoms with van der Waals surface area (Å²) < 4.78 is 0. The number of carbonyl (C=O) groups excluding carboxylic acids is 1. The van der Waals surface area contributed by atoms with Crippen LogP contribution in [-0.2, 0) is 24.1 Å². The summed E-state index contributed by atoms with van der Waals surface area (Å²) in [5.41, 5.74) is 11.1. The summed E-state index contributed by atoms with van der Waals surface area (Å²) in [5, 5.41) is 4.25. The maximum atomic E-state index is 12.0. The number of nitrogen functional groups attached to an aromatic ring is 1. The molecule has 0 spiro atoms. The number of aromatic amines is 1. The molecule has 2 aromatic carbocycles. The zero-order valence-corrected chi connectivity index (χ0v) is 15.2. The molecule has 5 heteroatoms. The van der Waals surface area contributed by atoms with Crippen molar-refractivity contribution in [2.45, 2.75) is 26.2 Å². The molecule has 1 amide bonds. The summed E-state index contributed by atoms with van der Waals surface area (Å²) >= 11 is 0. The number of para-hydroxylation sites is 1. The summed E-state index contributed by atoms with van der Waals surface area (Å²) in [4.78, 5) is 15.4. The van der Waals surface area contributed by atoms with Crippen molar-refractivity contribution < 1.29 is 4.79 Å².